The number of ether oxygens (including phenoxy) is 1. The Morgan fingerprint density at radius 3 is 2.48 bits per heavy atom. The first kappa shape index (κ1) is 21.3. The molecule has 0 unspecified atom stereocenters. The quantitative estimate of drug-likeness (QED) is 0.248. The molecule has 5 rings (SSSR count). The van der Waals surface area contributed by atoms with Gasteiger partial charge in [0, 0.05) is 16.0 Å². The van der Waals surface area contributed by atoms with E-state index in [1.54, 1.807) is 0 Å². The zero-order chi connectivity index (χ0) is 22.6. The predicted molar refractivity (Wildman–Crippen MR) is 136 cm³/mol. The molecular weight excluding hydrogens is 453 g/mol. The van der Waals surface area contributed by atoms with E-state index in [1.165, 1.54) is 0 Å². The Labute approximate surface area is 201 Å². The van der Waals surface area contributed by atoms with Gasteiger partial charge in [0.25, 0.3) is 0 Å². The molecule has 2 heterocycles. The van der Waals surface area contributed by atoms with Crippen molar-refractivity contribution in [3.8, 4) is 17.1 Å². The minimum absolute atomic E-state index is 0.440. The highest BCUT2D eigenvalue weighted by atomic mass is 35.5. The van der Waals surface area contributed by atoms with Gasteiger partial charge >= 0.3 is 0 Å². The second-order valence-electron chi connectivity index (χ2n) is 7.49. The third-order valence-electron chi connectivity index (χ3n) is 5.20. The van der Waals surface area contributed by atoms with Crippen molar-refractivity contribution in [3.63, 3.8) is 0 Å². The molecule has 0 atom stereocenters. The van der Waals surface area contributed by atoms with Gasteiger partial charge in [0.05, 0.1) is 10.7 Å². The van der Waals surface area contributed by atoms with E-state index < -0.39 is 0 Å². The van der Waals surface area contributed by atoms with Gasteiger partial charge in [-0.3, -0.25) is 0 Å². The van der Waals surface area contributed by atoms with Crippen molar-refractivity contribution < 1.29 is 9.15 Å². The molecule has 0 amide bonds. The maximum Gasteiger partial charge on any atom is 0.146 e. The van der Waals surface area contributed by atoms with E-state index in [2.05, 4.69) is 0 Å². The summed E-state index contributed by atoms with van der Waals surface area (Å²) >= 11 is 12.2. The van der Waals surface area contributed by atoms with E-state index >= 15 is 0 Å². The Morgan fingerprint density at radius 2 is 1.64 bits per heavy atom. The zero-order valence-corrected chi connectivity index (χ0v) is 19.1. The first-order valence-corrected chi connectivity index (χ1v) is 11.2. The number of benzene rings is 3. The molecule has 3 aromatic carbocycles. The van der Waals surface area contributed by atoms with Crippen LogP contribution >= 0.6 is 23.2 Å². The number of pyridine rings is 1. The van der Waals surface area contributed by atoms with E-state index in [0.717, 1.165) is 45.0 Å². The van der Waals surface area contributed by atoms with Crippen molar-refractivity contribution in [2.45, 2.75) is 6.61 Å². The first-order valence-electron chi connectivity index (χ1n) is 10.5. The molecule has 0 bridgehead atoms. The van der Waals surface area contributed by atoms with Crippen LogP contribution in [0.5, 0.6) is 5.75 Å². The van der Waals surface area contributed by atoms with Gasteiger partial charge in [0.15, 0.2) is 0 Å². The van der Waals surface area contributed by atoms with Crippen LogP contribution in [0.15, 0.2) is 95.4 Å². The number of nitrogens with zero attached hydrogens (tertiary/aromatic N) is 1. The summed E-state index contributed by atoms with van der Waals surface area (Å²) in [7, 11) is 0. The Hall–Kier alpha value is -3.53. The van der Waals surface area contributed by atoms with Crippen LogP contribution in [0.3, 0.4) is 0 Å². The summed E-state index contributed by atoms with van der Waals surface area (Å²) in [5, 5.41) is 2.38. The molecule has 0 spiro atoms. The molecule has 3 nitrogen and oxygen atoms in total. The monoisotopic (exact) mass is 471 g/mol. The maximum atomic E-state index is 6.28. The van der Waals surface area contributed by atoms with E-state index in [9.17, 15) is 0 Å². The number of fused-ring (bicyclic) bond motifs is 1. The van der Waals surface area contributed by atoms with E-state index in [1.807, 2.05) is 103 Å². The van der Waals surface area contributed by atoms with Crippen LogP contribution in [-0.2, 0) is 6.61 Å². The molecule has 2 aromatic heterocycles. The van der Waals surface area contributed by atoms with Crippen LogP contribution in [0.1, 0.15) is 17.0 Å². The zero-order valence-electron chi connectivity index (χ0n) is 17.5. The van der Waals surface area contributed by atoms with Gasteiger partial charge in [-0.05, 0) is 66.2 Å². The summed E-state index contributed by atoms with van der Waals surface area (Å²) in [4.78, 5) is 4.80. The van der Waals surface area contributed by atoms with Gasteiger partial charge in [-0.15, -0.1) is 0 Å². The molecule has 5 heteroatoms. The van der Waals surface area contributed by atoms with Crippen molar-refractivity contribution in [2.75, 3.05) is 0 Å². The minimum Gasteiger partial charge on any atom is -0.487 e. The summed E-state index contributed by atoms with van der Waals surface area (Å²) in [5.41, 5.74) is 3.52. The van der Waals surface area contributed by atoms with Crippen molar-refractivity contribution in [1.29, 1.82) is 0 Å². The third-order valence-corrected chi connectivity index (χ3v) is 5.78. The fraction of sp³-hybridized carbons (Fsp3) is 0.0357. The molecule has 5 aromatic rings. The summed E-state index contributed by atoms with van der Waals surface area (Å²) in [6.07, 6.45) is 3.82. The molecule has 0 N–H and O–H groups in total. The number of hydrogen-bond donors (Lipinski definition) is 0. The van der Waals surface area contributed by atoms with Crippen molar-refractivity contribution in [3.05, 3.63) is 118 Å². The average Bonchev–Trinajstić information content (AvgIpc) is 3.31. The largest absolute Gasteiger partial charge is 0.487 e. The molecule has 0 aliphatic carbocycles. The van der Waals surface area contributed by atoms with Gasteiger partial charge in [-0.2, -0.15) is 0 Å². The number of para-hydroxylation sites is 1. The second-order valence-corrected chi connectivity index (χ2v) is 8.34. The third kappa shape index (κ3) is 4.95. The van der Waals surface area contributed by atoms with Crippen LogP contribution in [0, 0.1) is 0 Å². The number of rotatable bonds is 6. The lowest BCUT2D eigenvalue weighted by Crippen LogP contribution is -1.97. The number of furan rings is 1. The van der Waals surface area contributed by atoms with Crippen LogP contribution in [0.25, 0.3) is 34.4 Å². The molecule has 162 valence electrons. The Balaban J connectivity index is 1.37. The molecule has 33 heavy (non-hydrogen) atoms. The fourth-order valence-corrected chi connectivity index (χ4v) is 3.86. The van der Waals surface area contributed by atoms with Crippen LogP contribution in [0.4, 0.5) is 0 Å². The smallest absolute Gasteiger partial charge is 0.146 e. The summed E-state index contributed by atoms with van der Waals surface area (Å²) < 4.78 is 12.0. The first-order chi connectivity index (χ1) is 16.2. The number of hydrogen-bond acceptors (Lipinski definition) is 3. The molecule has 0 fully saturated rings. The lowest BCUT2D eigenvalue weighted by atomic mass is 10.1. The Bertz CT molecular complexity index is 1440. The van der Waals surface area contributed by atoms with Gasteiger partial charge in [-0.1, -0.05) is 65.7 Å². The molecule has 0 aliphatic heterocycles. The molecule has 0 saturated heterocycles. The normalized spacial score (nSPS) is 11.3. The van der Waals surface area contributed by atoms with Gasteiger partial charge in [-0.25, -0.2) is 4.98 Å². The van der Waals surface area contributed by atoms with Crippen LogP contribution in [0.2, 0.25) is 10.0 Å². The van der Waals surface area contributed by atoms with E-state index in [-0.39, 0.29) is 0 Å². The number of halogens is 2. The highest BCUT2D eigenvalue weighted by molar-refractivity contribution is 6.33. The topological polar surface area (TPSA) is 35.3 Å². The number of aromatic nitrogens is 1. The SMILES string of the molecule is Clc1ccc(COc2cccc3ccc(/C=C/c4ccc(-c5ccccc5Cl)o4)nc23)cc1. The van der Waals surface area contributed by atoms with Crippen molar-refractivity contribution in [1.82, 2.24) is 4.98 Å². The fourth-order valence-electron chi connectivity index (χ4n) is 3.50. The standard InChI is InChI=1S/C28H19Cl2NO2/c29-21-11-8-19(9-12-21)18-32-27-7-3-4-20-10-13-22(31-28(20)27)14-15-23-16-17-26(33-23)24-5-1-2-6-25(24)30/h1-17H,18H2/b15-14+. The molecule has 0 aliphatic rings. The van der Waals surface area contributed by atoms with Crippen molar-refractivity contribution in [2.24, 2.45) is 0 Å². The lowest BCUT2D eigenvalue weighted by Gasteiger charge is -2.09. The maximum absolute atomic E-state index is 6.28. The Morgan fingerprint density at radius 1 is 0.788 bits per heavy atom. The molecular formula is C28H19Cl2NO2. The summed E-state index contributed by atoms with van der Waals surface area (Å²) in [6, 6.07) is 29.0. The highest BCUT2D eigenvalue weighted by Gasteiger charge is 2.08. The highest BCUT2D eigenvalue weighted by Crippen LogP contribution is 2.30. The second kappa shape index (κ2) is 9.53. The lowest BCUT2D eigenvalue weighted by molar-refractivity contribution is 0.309. The predicted octanol–water partition coefficient (Wildman–Crippen LogP) is 8.55. The average molecular weight is 472 g/mol. The van der Waals surface area contributed by atoms with Crippen LogP contribution < -0.4 is 4.74 Å². The van der Waals surface area contributed by atoms with E-state index in [4.69, 9.17) is 37.3 Å². The minimum atomic E-state index is 0.440. The van der Waals surface area contributed by atoms with Gasteiger partial charge in [0.1, 0.15) is 29.4 Å². The van der Waals surface area contributed by atoms with E-state index in [0.29, 0.717) is 16.7 Å². The Kier molecular flexibility index (Phi) is 6.16. The van der Waals surface area contributed by atoms with Gasteiger partial charge in [0.2, 0.25) is 0 Å². The van der Waals surface area contributed by atoms with Gasteiger partial charge < -0.3 is 9.15 Å². The summed E-state index contributed by atoms with van der Waals surface area (Å²) in [6.45, 7) is 0.440. The van der Waals surface area contributed by atoms with Crippen molar-refractivity contribution >= 4 is 46.3 Å². The summed E-state index contributed by atoms with van der Waals surface area (Å²) in [5.74, 6) is 2.18. The molecule has 0 saturated carbocycles. The van der Waals surface area contributed by atoms with Crippen LogP contribution in [-0.4, -0.2) is 4.98 Å². The molecule has 0 radical (unpaired) electrons.